The molecule has 2 aliphatic carbocycles. The zero-order valence-electron chi connectivity index (χ0n) is 10.2. The molecule has 2 rings (SSSR count). The molecular weight excluding hydrogens is 204 g/mol. The molecule has 2 aliphatic rings. The van der Waals surface area contributed by atoms with Crippen molar-refractivity contribution in [3.8, 4) is 0 Å². The Kier molecular flexibility index (Phi) is 3.22. The van der Waals surface area contributed by atoms with Crippen molar-refractivity contribution in [2.45, 2.75) is 43.7 Å². The fraction of sp³-hybridized carbons (Fsp3) is 0.917. The number of hydrogen-bond acceptors (Lipinski definition) is 4. The minimum absolute atomic E-state index is 0.255. The Morgan fingerprint density at radius 3 is 2.75 bits per heavy atom. The van der Waals surface area contributed by atoms with Crippen LogP contribution < -0.4 is 5.73 Å². The number of nitrogens with two attached hydrogens (primary N) is 1. The van der Waals surface area contributed by atoms with Gasteiger partial charge in [-0.3, -0.25) is 4.79 Å². The number of esters is 1. The molecule has 0 saturated heterocycles. The lowest BCUT2D eigenvalue weighted by molar-refractivity contribution is -0.146. The molecule has 2 atom stereocenters. The van der Waals surface area contributed by atoms with Crippen LogP contribution in [-0.2, 0) is 9.53 Å². The second-order valence-corrected chi connectivity index (χ2v) is 5.43. The Labute approximate surface area is 97.1 Å². The minimum atomic E-state index is -0.739. The smallest absolute Gasteiger partial charge is 0.325 e. The van der Waals surface area contributed by atoms with Gasteiger partial charge in [-0.05, 0) is 45.1 Å². The minimum Gasteiger partial charge on any atom is -0.468 e. The molecule has 16 heavy (non-hydrogen) atoms. The van der Waals surface area contributed by atoms with E-state index in [9.17, 15) is 4.79 Å². The highest BCUT2D eigenvalue weighted by Gasteiger charge is 2.44. The Bertz CT molecular complexity index is 278. The van der Waals surface area contributed by atoms with Gasteiger partial charge in [0.05, 0.1) is 7.11 Å². The van der Waals surface area contributed by atoms with E-state index < -0.39 is 5.54 Å². The third-order valence-electron chi connectivity index (χ3n) is 3.98. The van der Waals surface area contributed by atoms with E-state index in [1.807, 2.05) is 0 Å². The number of methoxy groups -OCH3 is 1. The zero-order valence-corrected chi connectivity index (χ0v) is 10.2. The summed E-state index contributed by atoms with van der Waals surface area (Å²) in [5.74, 6) is 0.630. The first-order chi connectivity index (χ1) is 7.55. The number of rotatable bonds is 4. The van der Waals surface area contributed by atoms with Crippen LogP contribution in [0.2, 0.25) is 0 Å². The van der Waals surface area contributed by atoms with E-state index >= 15 is 0 Å². The number of nitrogens with zero attached hydrogens (tertiary/aromatic N) is 1. The normalized spacial score (nSPS) is 34.4. The Morgan fingerprint density at radius 1 is 1.50 bits per heavy atom. The highest BCUT2D eigenvalue weighted by atomic mass is 16.5. The fourth-order valence-corrected chi connectivity index (χ4v) is 2.67. The first-order valence-corrected chi connectivity index (χ1v) is 6.13. The maximum atomic E-state index is 11.6. The first-order valence-electron chi connectivity index (χ1n) is 6.13. The van der Waals surface area contributed by atoms with Gasteiger partial charge in [-0.2, -0.15) is 0 Å². The summed E-state index contributed by atoms with van der Waals surface area (Å²) in [7, 11) is 3.56. The molecule has 0 amide bonds. The Morgan fingerprint density at radius 2 is 2.19 bits per heavy atom. The Hall–Kier alpha value is -0.610. The van der Waals surface area contributed by atoms with Gasteiger partial charge in [0, 0.05) is 12.6 Å². The van der Waals surface area contributed by atoms with Crippen molar-refractivity contribution in [2.75, 3.05) is 20.7 Å². The van der Waals surface area contributed by atoms with Gasteiger partial charge in [0.25, 0.3) is 0 Å². The molecule has 0 radical (unpaired) electrons. The van der Waals surface area contributed by atoms with Crippen molar-refractivity contribution in [2.24, 2.45) is 11.7 Å². The highest BCUT2D eigenvalue weighted by molar-refractivity contribution is 5.81. The van der Waals surface area contributed by atoms with Gasteiger partial charge in [-0.15, -0.1) is 0 Å². The van der Waals surface area contributed by atoms with E-state index in [1.165, 1.54) is 20.0 Å². The van der Waals surface area contributed by atoms with Gasteiger partial charge >= 0.3 is 5.97 Å². The van der Waals surface area contributed by atoms with Gasteiger partial charge in [-0.1, -0.05) is 0 Å². The number of ether oxygens (including phenoxy) is 1. The van der Waals surface area contributed by atoms with E-state index in [4.69, 9.17) is 10.5 Å². The van der Waals surface area contributed by atoms with Crippen molar-refractivity contribution in [1.29, 1.82) is 0 Å². The predicted octanol–water partition coefficient (Wildman–Crippen LogP) is 0.751. The summed E-state index contributed by atoms with van der Waals surface area (Å²) in [4.78, 5) is 13.9. The van der Waals surface area contributed by atoms with Crippen LogP contribution >= 0.6 is 0 Å². The largest absolute Gasteiger partial charge is 0.468 e. The topological polar surface area (TPSA) is 55.6 Å². The van der Waals surface area contributed by atoms with Crippen molar-refractivity contribution in [1.82, 2.24) is 4.90 Å². The van der Waals surface area contributed by atoms with Gasteiger partial charge in [0.15, 0.2) is 0 Å². The summed E-state index contributed by atoms with van der Waals surface area (Å²) >= 11 is 0. The summed E-state index contributed by atoms with van der Waals surface area (Å²) in [6.45, 7) is 1.15. The average Bonchev–Trinajstić information content (AvgIpc) is 2.98. The van der Waals surface area contributed by atoms with Crippen molar-refractivity contribution >= 4 is 5.97 Å². The van der Waals surface area contributed by atoms with Crippen molar-refractivity contribution in [3.63, 3.8) is 0 Å². The monoisotopic (exact) mass is 226 g/mol. The third-order valence-corrected chi connectivity index (χ3v) is 3.98. The molecule has 0 aromatic heterocycles. The molecule has 0 aromatic rings. The lowest BCUT2D eigenvalue weighted by Crippen LogP contribution is -2.47. The van der Waals surface area contributed by atoms with Crippen LogP contribution in [0.15, 0.2) is 0 Å². The molecule has 2 saturated carbocycles. The van der Waals surface area contributed by atoms with Crippen LogP contribution in [0.1, 0.15) is 32.1 Å². The van der Waals surface area contributed by atoms with Crippen LogP contribution in [0.5, 0.6) is 0 Å². The summed E-state index contributed by atoms with van der Waals surface area (Å²) in [6, 6.07) is 0.449. The highest BCUT2D eigenvalue weighted by Crippen LogP contribution is 2.35. The summed E-state index contributed by atoms with van der Waals surface area (Å²) in [6.07, 6.45) is 5.22. The molecule has 92 valence electrons. The van der Waals surface area contributed by atoms with E-state index in [0.29, 0.717) is 6.04 Å². The maximum absolute atomic E-state index is 11.6. The maximum Gasteiger partial charge on any atom is 0.325 e. The number of hydrogen-bond donors (Lipinski definition) is 1. The second kappa shape index (κ2) is 4.34. The van der Waals surface area contributed by atoms with Crippen molar-refractivity contribution in [3.05, 3.63) is 0 Å². The van der Waals surface area contributed by atoms with E-state index in [2.05, 4.69) is 11.9 Å². The molecule has 0 heterocycles. The molecule has 0 aromatic carbocycles. The van der Waals surface area contributed by atoms with Gasteiger partial charge in [0.1, 0.15) is 5.54 Å². The molecule has 0 bridgehead atoms. The molecule has 2 fully saturated rings. The van der Waals surface area contributed by atoms with Crippen LogP contribution in [0, 0.1) is 5.92 Å². The predicted molar refractivity (Wildman–Crippen MR) is 61.9 cm³/mol. The van der Waals surface area contributed by atoms with E-state index in [1.54, 1.807) is 0 Å². The summed E-state index contributed by atoms with van der Waals surface area (Å²) in [5, 5.41) is 0. The molecule has 0 aliphatic heterocycles. The van der Waals surface area contributed by atoms with Gasteiger partial charge in [0.2, 0.25) is 0 Å². The molecule has 2 unspecified atom stereocenters. The van der Waals surface area contributed by atoms with Gasteiger partial charge < -0.3 is 15.4 Å². The lowest BCUT2D eigenvalue weighted by Gasteiger charge is -2.26. The standard InChI is InChI=1S/C12H22N2O2/c1-14(8-9-3-4-9)10-5-6-12(13,7-10)11(15)16-2/h9-10H,3-8,13H2,1-2H3. The van der Waals surface area contributed by atoms with Crippen LogP contribution in [0.4, 0.5) is 0 Å². The van der Waals surface area contributed by atoms with Gasteiger partial charge in [-0.25, -0.2) is 0 Å². The van der Waals surface area contributed by atoms with Crippen LogP contribution in [-0.4, -0.2) is 43.2 Å². The Balaban J connectivity index is 1.88. The molecule has 4 heteroatoms. The van der Waals surface area contributed by atoms with Crippen LogP contribution in [0.25, 0.3) is 0 Å². The van der Waals surface area contributed by atoms with E-state index in [-0.39, 0.29) is 5.97 Å². The quantitative estimate of drug-likeness (QED) is 0.719. The summed E-state index contributed by atoms with van der Waals surface area (Å²) in [5.41, 5.74) is 5.35. The number of carbonyl (C=O) groups is 1. The first kappa shape index (κ1) is 11.9. The summed E-state index contributed by atoms with van der Waals surface area (Å²) < 4.78 is 4.78. The van der Waals surface area contributed by atoms with Crippen molar-refractivity contribution < 1.29 is 9.53 Å². The fourth-order valence-electron chi connectivity index (χ4n) is 2.67. The average molecular weight is 226 g/mol. The zero-order chi connectivity index (χ0) is 11.8. The molecule has 2 N–H and O–H groups in total. The second-order valence-electron chi connectivity index (χ2n) is 5.43. The lowest BCUT2D eigenvalue weighted by atomic mass is 9.99. The van der Waals surface area contributed by atoms with Crippen LogP contribution in [0.3, 0.4) is 0 Å². The number of carbonyl (C=O) groups excluding carboxylic acids is 1. The molecule has 4 nitrogen and oxygen atoms in total. The third kappa shape index (κ3) is 2.38. The molecular formula is C12H22N2O2. The SMILES string of the molecule is COC(=O)C1(N)CCC(N(C)CC2CC2)C1. The molecule has 0 spiro atoms. The van der Waals surface area contributed by atoms with E-state index in [0.717, 1.165) is 31.7 Å².